The van der Waals surface area contributed by atoms with Crippen molar-refractivity contribution in [2.45, 2.75) is 51.4 Å². The number of hydrogen-bond acceptors (Lipinski definition) is 4. The molecule has 3 unspecified atom stereocenters. The standard InChI is InChI=1S/C20H31N3O2/c1-19(2)17-16(10-7-11-25-17)20(19,21)18(24)22-12-14-8-5-6-9-15(14)13-23(3)4/h5-6,8-9,16-17H,7,10-13,21H2,1-4H3,(H,22,24). The minimum absolute atomic E-state index is 0.0519. The van der Waals surface area contributed by atoms with E-state index in [1.165, 1.54) is 5.56 Å². The van der Waals surface area contributed by atoms with Gasteiger partial charge in [-0.3, -0.25) is 4.79 Å². The predicted octanol–water partition coefficient (Wildman–Crippen LogP) is 1.90. The second-order valence-electron chi connectivity index (χ2n) is 8.32. The van der Waals surface area contributed by atoms with E-state index in [-0.39, 0.29) is 23.3 Å². The molecule has 5 nitrogen and oxygen atoms in total. The summed E-state index contributed by atoms with van der Waals surface area (Å²) in [4.78, 5) is 15.2. The van der Waals surface area contributed by atoms with E-state index in [0.717, 1.165) is 31.6 Å². The Balaban J connectivity index is 1.71. The number of rotatable bonds is 5. The molecule has 2 aliphatic rings. The van der Waals surface area contributed by atoms with E-state index in [2.05, 4.69) is 36.2 Å². The summed E-state index contributed by atoms with van der Waals surface area (Å²) in [5.74, 6) is 0.0668. The van der Waals surface area contributed by atoms with Crippen LogP contribution in [0.2, 0.25) is 0 Å². The van der Waals surface area contributed by atoms with Crippen molar-refractivity contribution in [3.63, 3.8) is 0 Å². The summed E-state index contributed by atoms with van der Waals surface area (Å²) >= 11 is 0. The Hall–Kier alpha value is -1.43. The zero-order valence-electron chi connectivity index (χ0n) is 15.8. The third-order valence-electron chi connectivity index (χ3n) is 6.10. The van der Waals surface area contributed by atoms with Crippen molar-refractivity contribution in [1.29, 1.82) is 0 Å². The fourth-order valence-electron chi connectivity index (χ4n) is 4.58. The van der Waals surface area contributed by atoms with E-state index >= 15 is 0 Å². The molecule has 3 rings (SSSR count). The van der Waals surface area contributed by atoms with Crippen LogP contribution in [-0.4, -0.2) is 43.2 Å². The first kappa shape index (κ1) is 18.4. The summed E-state index contributed by atoms with van der Waals surface area (Å²) in [7, 11) is 4.09. The third kappa shape index (κ3) is 2.98. The molecular weight excluding hydrogens is 314 g/mol. The van der Waals surface area contributed by atoms with E-state index in [1.54, 1.807) is 0 Å². The number of nitrogens with two attached hydrogens (primary N) is 1. The average Bonchev–Trinajstić information content (AvgIpc) is 2.59. The van der Waals surface area contributed by atoms with Crippen molar-refractivity contribution < 1.29 is 9.53 Å². The molecule has 0 radical (unpaired) electrons. The lowest BCUT2D eigenvalue weighted by atomic mass is 9.46. The number of carbonyl (C=O) groups is 1. The van der Waals surface area contributed by atoms with Gasteiger partial charge < -0.3 is 20.7 Å². The highest BCUT2D eigenvalue weighted by Crippen LogP contribution is 2.57. The molecule has 0 bridgehead atoms. The molecule has 5 heteroatoms. The van der Waals surface area contributed by atoms with Crippen LogP contribution in [-0.2, 0) is 22.6 Å². The molecule has 1 aromatic rings. The first-order valence-corrected chi connectivity index (χ1v) is 9.18. The Bertz CT molecular complexity index is 644. The van der Waals surface area contributed by atoms with Crippen LogP contribution in [0.5, 0.6) is 0 Å². The van der Waals surface area contributed by atoms with Crippen molar-refractivity contribution in [3.05, 3.63) is 35.4 Å². The molecule has 138 valence electrons. The number of ether oxygens (including phenoxy) is 1. The van der Waals surface area contributed by atoms with Gasteiger partial charge in [0.15, 0.2) is 0 Å². The van der Waals surface area contributed by atoms with Gasteiger partial charge in [-0.1, -0.05) is 38.1 Å². The van der Waals surface area contributed by atoms with Gasteiger partial charge in [0.1, 0.15) is 5.54 Å². The first-order chi connectivity index (χ1) is 11.8. The molecule has 1 aromatic carbocycles. The van der Waals surface area contributed by atoms with Gasteiger partial charge >= 0.3 is 0 Å². The average molecular weight is 345 g/mol. The van der Waals surface area contributed by atoms with Crippen LogP contribution in [0.4, 0.5) is 0 Å². The highest BCUT2D eigenvalue weighted by atomic mass is 16.5. The third-order valence-corrected chi connectivity index (χ3v) is 6.10. The molecule has 1 aliphatic heterocycles. The molecule has 25 heavy (non-hydrogen) atoms. The topological polar surface area (TPSA) is 67.6 Å². The lowest BCUT2D eigenvalue weighted by Gasteiger charge is -2.65. The minimum Gasteiger partial charge on any atom is -0.377 e. The van der Waals surface area contributed by atoms with Gasteiger partial charge in [-0.2, -0.15) is 0 Å². The Morgan fingerprint density at radius 1 is 1.32 bits per heavy atom. The maximum absolute atomic E-state index is 13.0. The molecule has 2 fully saturated rings. The number of fused-ring (bicyclic) bond motifs is 1. The Morgan fingerprint density at radius 2 is 2.00 bits per heavy atom. The van der Waals surface area contributed by atoms with Gasteiger partial charge in [-0.05, 0) is 38.1 Å². The van der Waals surface area contributed by atoms with E-state index in [4.69, 9.17) is 10.5 Å². The number of carbonyl (C=O) groups excluding carboxylic acids is 1. The lowest BCUT2D eigenvalue weighted by molar-refractivity contribution is -0.225. The summed E-state index contributed by atoms with van der Waals surface area (Å²) in [6, 6.07) is 8.23. The van der Waals surface area contributed by atoms with Gasteiger partial charge in [0, 0.05) is 31.0 Å². The highest BCUT2D eigenvalue weighted by molar-refractivity contribution is 5.89. The van der Waals surface area contributed by atoms with Crippen molar-refractivity contribution in [2.75, 3.05) is 20.7 Å². The van der Waals surface area contributed by atoms with Gasteiger partial charge in [0.2, 0.25) is 5.91 Å². The van der Waals surface area contributed by atoms with Crippen LogP contribution in [0.15, 0.2) is 24.3 Å². The van der Waals surface area contributed by atoms with Crippen LogP contribution in [0.25, 0.3) is 0 Å². The summed E-state index contributed by atoms with van der Waals surface area (Å²) in [5.41, 5.74) is 7.83. The maximum Gasteiger partial charge on any atom is 0.241 e. The van der Waals surface area contributed by atoms with Crippen molar-refractivity contribution in [1.82, 2.24) is 10.2 Å². The molecule has 1 saturated carbocycles. The van der Waals surface area contributed by atoms with Crippen LogP contribution < -0.4 is 11.1 Å². The largest absolute Gasteiger partial charge is 0.377 e. The smallest absolute Gasteiger partial charge is 0.241 e. The van der Waals surface area contributed by atoms with E-state index in [9.17, 15) is 4.79 Å². The van der Waals surface area contributed by atoms with Gasteiger partial charge in [0.05, 0.1) is 6.10 Å². The van der Waals surface area contributed by atoms with Crippen molar-refractivity contribution in [3.8, 4) is 0 Å². The van der Waals surface area contributed by atoms with Crippen LogP contribution in [0.1, 0.15) is 37.8 Å². The van der Waals surface area contributed by atoms with E-state index in [0.29, 0.717) is 6.54 Å². The Labute approximate surface area is 150 Å². The molecule has 3 atom stereocenters. The summed E-state index contributed by atoms with van der Waals surface area (Å²) in [6.45, 7) is 6.25. The first-order valence-electron chi connectivity index (χ1n) is 9.18. The van der Waals surface area contributed by atoms with Gasteiger partial charge in [-0.15, -0.1) is 0 Å². The molecule has 1 heterocycles. The Morgan fingerprint density at radius 3 is 2.68 bits per heavy atom. The molecule has 0 aromatic heterocycles. The predicted molar refractivity (Wildman–Crippen MR) is 98.8 cm³/mol. The fraction of sp³-hybridized carbons (Fsp3) is 0.650. The summed E-state index contributed by atoms with van der Waals surface area (Å²) in [6.07, 6.45) is 2.04. The van der Waals surface area contributed by atoms with Crippen molar-refractivity contribution >= 4 is 5.91 Å². The molecule has 0 spiro atoms. The second kappa shape index (κ2) is 6.71. The van der Waals surface area contributed by atoms with Gasteiger partial charge in [-0.25, -0.2) is 0 Å². The van der Waals surface area contributed by atoms with Gasteiger partial charge in [0.25, 0.3) is 0 Å². The Kier molecular flexibility index (Phi) is 4.93. The summed E-state index contributed by atoms with van der Waals surface area (Å²) < 4.78 is 5.90. The highest BCUT2D eigenvalue weighted by Gasteiger charge is 2.70. The number of amides is 1. The molecule has 3 N–H and O–H groups in total. The molecular formula is C20H31N3O2. The fourth-order valence-corrected chi connectivity index (χ4v) is 4.58. The quantitative estimate of drug-likeness (QED) is 0.855. The monoisotopic (exact) mass is 345 g/mol. The van der Waals surface area contributed by atoms with Crippen LogP contribution in [0, 0.1) is 11.3 Å². The second-order valence-corrected chi connectivity index (χ2v) is 8.32. The molecule has 1 saturated heterocycles. The number of nitrogens with one attached hydrogen (secondary N) is 1. The lowest BCUT2D eigenvalue weighted by Crippen LogP contribution is -2.82. The zero-order chi connectivity index (χ0) is 18.2. The van der Waals surface area contributed by atoms with Crippen LogP contribution in [0.3, 0.4) is 0 Å². The SMILES string of the molecule is CN(C)Cc1ccccc1CNC(=O)C1(N)C2CCCOC2C1(C)C. The minimum atomic E-state index is -0.853. The molecule has 1 aliphatic carbocycles. The van der Waals surface area contributed by atoms with E-state index in [1.807, 2.05) is 26.2 Å². The van der Waals surface area contributed by atoms with Crippen LogP contribution >= 0.6 is 0 Å². The normalized spacial score (nSPS) is 30.5. The maximum atomic E-state index is 13.0. The summed E-state index contributed by atoms with van der Waals surface area (Å²) in [5, 5.41) is 3.11. The number of hydrogen-bond donors (Lipinski definition) is 2. The zero-order valence-corrected chi connectivity index (χ0v) is 15.8. The van der Waals surface area contributed by atoms with E-state index < -0.39 is 5.54 Å². The number of benzene rings is 1. The van der Waals surface area contributed by atoms with Crippen molar-refractivity contribution in [2.24, 2.45) is 17.1 Å². The number of nitrogens with zero attached hydrogens (tertiary/aromatic N) is 1. The molecule has 1 amide bonds.